The second kappa shape index (κ2) is 11.9. The average molecular weight is 669 g/mol. The van der Waals surface area contributed by atoms with Gasteiger partial charge in [0.2, 0.25) is 5.91 Å². The molecule has 4 unspecified atom stereocenters. The van der Waals surface area contributed by atoms with Gasteiger partial charge in [-0.25, -0.2) is 4.99 Å². The number of piperazine rings is 1. The van der Waals surface area contributed by atoms with Crippen LogP contribution in [-0.2, 0) is 15.1 Å². The standard InChI is InChI=1S/C35H43Cl2N5O2S/c1-21(2)28-29(32(44)41-22(3)8-17-27(41)31(43)40-19-18-39(7)34(4,5)20-40)45-33-38-35(6,24-11-15-26(37)16-12-24)30(42(28)33)23-9-13-25(36)14-10-23/h9-16,21-22,27,30H,8,17-20H2,1-7H3. The van der Waals surface area contributed by atoms with Gasteiger partial charge < -0.3 is 14.7 Å². The Kier molecular flexibility index (Phi) is 8.60. The molecule has 4 atom stereocenters. The van der Waals surface area contributed by atoms with E-state index in [1.54, 1.807) is 0 Å². The first-order valence-electron chi connectivity index (χ1n) is 15.9. The summed E-state index contributed by atoms with van der Waals surface area (Å²) in [4.78, 5) is 43.2. The molecule has 0 spiro atoms. The highest BCUT2D eigenvalue weighted by Crippen LogP contribution is 2.56. The van der Waals surface area contributed by atoms with Crippen molar-refractivity contribution in [2.24, 2.45) is 10.9 Å². The van der Waals surface area contributed by atoms with Crippen molar-refractivity contribution in [2.75, 3.05) is 26.7 Å². The molecule has 2 saturated heterocycles. The van der Waals surface area contributed by atoms with Crippen molar-refractivity contribution < 1.29 is 9.59 Å². The fourth-order valence-electron chi connectivity index (χ4n) is 7.39. The van der Waals surface area contributed by atoms with Crippen LogP contribution in [0.15, 0.2) is 64.1 Å². The van der Waals surface area contributed by atoms with Gasteiger partial charge in [0.25, 0.3) is 5.91 Å². The number of carbonyl (C=O) groups is 2. The maximum Gasteiger partial charge on any atom is 0.263 e. The normalized spacial score (nSPS) is 28.3. The molecule has 240 valence electrons. The molecule has 0 aliphatic carbocycles. The highest BCUT2D eigenvalue weighted by Gasteiger charge is 2.54. The summed E-state index contributed by atoms with van der Waals surface area (Å²) in [6, 6.07) is 15.1. The lowest BCUT2D eigenvalue weighted by molar-refractivity contribution is -0.146. The van der Waals surface area contributed by atoms with Gasteiger partial charge in [-0.2, -0.15) is 0 Å². The number of amides is 2. The molecule has 0 radical (unpaired) electrons. The Balaban J connectivity index is 1.38. The second-order valence-electron chi connectivity index (χ2n) is 14.0. The van der Waals surface area contributed by atoms with E-state index in [9.17, 15) is 9.59 Å². The van der Waals surface area contributed by atoms with E-state index < -0.39 is 11.6 Å². The van der Waals surface area contributed by atoms with Crippen LogP contribution in [0.5, 0.6) is 0 Å². The number of rotatable bonds is 5. The lowest BCUT2D eigenvalue weighted by atomic mass is 9.81. The number of hydrogen-bond donors (Lipinski definition) is 0. The van der Waals surface area contributed by atoms with Gasteiger partial charge in [0.15, 0.2) is 5.17 Å². The summed E-state index contributed by atoms with van der Waals surface area (Å²) < 4.78 is 0. The highest BCUT2D eigenvalue weighted by molar-refractivity contribution is 8.18. The molecule has 0 N–H and O–H groups in total. The minimum absolute atomic E-state index is 0.0304. The Morgan fingerprint density at radius 2 is 1.58 bits per heavy atom. The number of carbonyl (C=O) groups excluding carboxylic acids is 2. The van der Waals surface area contributed by atoms with E-state index in [0.717, 1.165) is 35.0 Å². The second-order valence-corrected chi connectivity index (χ2v) is 15.8. The molecule has 2 amide bonds. The van der Waals surface area contributed by atoms with Crippen molar-refractivity contribution in [3.8, 4) is 0 Å². The van der Waals surface area contributed by atoms with Crippen molar-refractivity contribution in [1.82, 2.24) is 19.6 Å². The van der Waals surface area contributed by atoms with E-state index in [2.05, 4.69) is 70.5 Å². The fourth-order valence-corrected chi connectivity index (χ4v) is 8.99. The Bertz CT molecular complexity index is 1560. The molecule has 45 heavy (non-hydrogen) atoms. The summed E-state index contributed by atoms with van der Waals surface area (Å²) in [5.74, 6) is 0.0355. The van der Waals surface area contributed by atoms with Crippen LogP contribution in [0.2, 0.25) is 10.0 Å². The number of hydrogen-bond acceptors (Lipinski definition) is 6. The van der Waals surface area contributed by atoms with Crippen LogP contribution in [0.1, 0.15) is 71.6 Å². The van der Waals surface area contributed by atoms with Crippen LogP contribution in [0.25, 0.3) is 0 Å². The van der Waals surface area contributed by atoms with E-state index in [0.29, 0.717) is 34.5 Å². The molecule has 7 nitrogen and oxygen atoms in total. The van der Waals surface area contributed by atoms with Crippen molar-refractivity contribution in [3.63, 3.8) is 0 Å². The van der Waals surface area contributed by atoms with Crippen LogP contribution in [-0.4, -0.2) is 80.9 Å². The molecule has 2 aromatic rings. The summed E-state index contributed by atoms with van der Waals surface area (Å²) in [6.45, 7) is 15.0. The molecule has 0 aromatic heterocycles. The molecule has 6 rings (SSSR count). The van der Waals surface area contributed by atoms with Gasteiger partial charge in [0.05, 0.1) is 6.04 Å². The molecule has 4 heterocycles. The molecule has 2 fully saturated rings. The Labute approximate surface area is 281 Å². The number of fused-ring (bicyclic) bond motifs is 1. The van der Waals surface area contributed by atoms with Gasteiger partial charge in [-0.3, -0.25) is 14.5 Å². The SMILES string of the molecule is CC(C)C1=C(C(=O)N2C(C)CCC2C(=O)N2CCN(C)C(C)(C)C2)SC2=NC(C)(c3ccc(Cl)cc3)C(c3ccc(Cl)cc3)N21. The van der Waals surface area contributed by atoms with Crippen LogP contribution in [0.4, 0.5) is 0 Å². The van der Waals surface area contributed by atoms with Crippen LogP contribution in [0, 0.1) is 5.92 Å². The maximum atomic E-state index is 14.7. The third-order valence-electron chi connectivity index (χ3n) is 10.2. The van der Waals surface area contributed by atoms with E-state index in [1.165, 1.54) is 11.8 Å². The van der Waals surface area contributed by atoms with Gasteiger partial charge >= 0.3 is 0 Å². The van der Waals surface area contributed by atoms with Gasteiger partial charge in [0.1, 0.15) is 16.5 Å². The van der Waals surface area contributed by atoms with Crippen LogP contribution in [0.3, 0.4) is 0 Å². The number of halogens is 2. The topological polar surface area (TPSA) is 59.5 Å². The van der Waals surface area contributed by atoms with Crippen molar-refractivity contribution in [1.29, 1.82) is 0 Å². The van der Waals surface area contributed by atoms with Gasteiger partial charge in [-0.1, -0.05) is 61.3 Å². The Morgan fingerprint density at radius 3 is 2.18 bits per heavy atom. The molecule has 0 saturated carbocycles. The predicted octanol–water partition coefficient (Wildman–Crippen LogP) is 7.17. The molecule has 2 aromatic carbocycles. The minimum Gasteiger partial charge on any atom is -0.338 e. The number of likely N-dealkylation sites (N-methyl/N-ethyl adjacent to an activating group) is 1. The zero-order valence-electron chi connectivity index (χ0n) is 27.2. The zero-order chi connectivity index (χ0) is 32.4. The lowest BCUT2D eigenvalue weighted by Gasteiger charge is -2.46. The number of likely N-dealkylation sites (tertiary alicyclic amines) is 1. The summed E-state index contributed by atoms with van der Waals surface area (Å²) in [5.41, 5.74) is 2.30. The van der Waals surface area contributed by atoms with Crippen molar-refractivity contribution in [3.05, 3.63) is 80.3 Å². The molecule has 4 aliphatic heterocycles. The van der Waals surface area contributed by atoms with Gasteiger partial charge in [-0.15, -0.1) is 0 Å². The maximum absolute atomic E-state index is 14.7. The van der Waals surface area contributed by atoms with Gasteiger partial charge in [0, 0.05) is 47.0 Å². The number of amidine groups is 1. The molecular weight excluding hydrogens is 625 g/mol. The third kappa shape index (κ3) is 5.60. The predicted molar refractivity (Wildman–Crippen MR) is 184 cm³/mol. The first-order valence-corrected chi connectivity index (χ1v) is 17.5. The van der Waals surface area contributed by atoms with Crippen LogP contribution >= 0.6 is 35.0 Å². The number of allylic oxidation sites excluding steroid dienone is 1. The largest absolute Gasteiger partial charge is 0.338 e. The molecule has 0 bridgehead atoms. The first kappa shape index (κ1) is 32.4. The monoisotopic (exact) mass is 667 g/mol. The number of aliphatic imine (C=N–C) groups is 1. The number of nitrogens with zero attached hydrogens (tertiary/aromatic N) is 5. The average Bonchev–Trinajstić information content (AvgIpc) is 3.64. The minimum atomic E-state index is -0.636. The van der Waals surface area contributed by atoms with Crippen molar-refractivity contribution >= 4 is 51.9 Å². The number of benzene rings is 2. The molecular formula is C35H43Cl2N5O2S. The third-order valence-corrected chi connectivity index (χ3v) is 11.7. The molecule has 10 heteroatoms. The first-order chi connectivity index (χ1) is 21.2. The van der Waals surface area contributed by atoms with Crippen molar-refractivity contribution in [2.45, 2.75) is 83.6 Å². The zero-order valence-corrected chi connectivity index (χ0v) is 29.5. The summed E-state index contributed by atoms with van der Waals surface area (Å²) in [5, 5.41) is 2.14. The van der Waals surface area contributed by atoms with Gasteiger partial charge in [-0.05, 0) is 101 Å². The van der Waals surface area contributed by atoms with E-state index in [4.69, 9.17) is 28.2 Å². The van der Waals surface area contributed by atoms with E-state index >= 15 is 0 Å². The number of thioether (sulfide) groups is 1. The molecule has 4 aliphatic rings. The summed E-state index contributed by atoms with van der Waals surface area (Å²) >= 11 is 14.1. The summed E-state index contributed by atoms with van der Waals surface area (Å²) in [6.07, 6.45) is 1.49. The highest BCUT2D eigenvalue weighted by atomic mass is 35.5. The van der Waals surface area contributed by atoms with E-state index in [-0.39, 0.29) is 35.4 Å². The quantitative estimate of drug-likeness (QED) is 0.338. The Morgan fingerprint density at radius 1 is 0.956 bits per heavy atom. The fraction of sp³-hybridized carbons (Fsp3) is 0.514. The summed E-state index contributed by atoms with van der Waals surface area (Å²) in [7, 11) is 2.11. The lowest BCUT2D eigenvalue weighted by Crippen LogP contribution is -2.61. The smallest absolute Gasteiger partial charge is 0.263 e. The Hall–Kier alpha value is -2.52. The van der Waals surface area contributed by atoms with E-state index in [1.807, 2.05) is 46.2 Å². The van der Waals surface area contributed by atoms with Crippen LogP contribution < -0.4 is 0 Å².